The van der Waals surface area contributed by atoms with Crippen LogP contribution in [-0.2, 0) is 6.54 Å². The van der Waals surface area contributed by atoms with Crippen LogP contribution in [0.1, 0.15) is 25.8 Å². The average molecular weight is 449 g/mol. The van der Waals surface area contributed by atoms with Crippen molar-refractivity contribution in [3.8, 4) is 5.75 Å². The van der Waals surface area contributed by atoms with E-state index >= 15 is 0 Å². The molecule has 1 unspecified atom stereocenters. The van der Waals surface area contributed by atoms with Gasteiger partial charge in [0.05, 0.1) is 6.61 Å². The molecular weight excluding hydrogens is 421 g/mol. The van der Waals surface area contributed by atoms with Crippen molar-refractivity contribution in [1.29, 1.82) is 0 Å². The molecule has 1 aromatic carbocycles. The third-order valence-corrected chi connectivity index (χ3v) is 5.14. The van der Waals surface area contributed by atoms with Crippen LogP contribution in [0, 0.1) is 0 Å². The first-order chi connectivity index (χ1) is 10.8. The highest BCUT2D eigenvalue weighted by atomic mass is 127. The van der Waals surface area contributed by atoms with Gasteiger partial charge in [-0.25, -0.2) is 0 Å². The van der Waals surface area contributed by atoms with Crippen LogP contribution in [0.3, 0.4) is 0 Å². The molecule has 23 heavy (non-hydrogen) atoms. The van der Waals surface area contributed by atoms with E-state index in [2.05, 4.69) is 46.0 Å². The van der Waals surface area contributed by atoms with Crippen LogP contribution in [-0.4, -0.2) is 48.6 Å². The predicted octanol–water partition coefficient (Wildman–Crippen LogP) is 3.61. The molecule has 6 heteroatoms. The maximum absolute atomic E-state index is 5.55. The molecule has 0 saturated carbocycles. The van der Waals surface area contributed by atoms with Crippen molar-refractivity contribution in [1.82, 2.24) is 10.2 Å². The molecule has 1 aliphatic rings. The summed E-state index contributed by atoms with van der Waals surface area (Å²) in [6, 6.07) is 8.24. The lowest BCUT2D eigenvalue weighted by Crippen LogP contribution is -2.47. The average Bonchev–Trinajstić information content (AvgIpc) is 2.56. The molecule has 0 bridgehead atoms. The van der Waals surface area contributed by atoms with Gasteiger partial charge >= 0.3 is 0 Å². The van der Waals surface area contributed by atoms with E-state index in [1.165, 1.54) is 17.7 Å². The van der Waals surface area contributed by atoms with Crippen molar-refractivity contribution < 1.29 is 4.74 Å². The van der Waals surface area contributed by atoms with Gasteiger partial charge in [0.1, 0.15) is 5.75 Å². The Labute approximate surface area is 161 Å². The van der Waals surface area contributed by atoms with Crippen LogP contribution in [0.15, 0.2) is 29.3 Å². The Hall–Kier alpha value is -0.630. The molecule has 0 spiro atoms. The van der Waals surface area contributed by atoms with Crippen molar-refractivity contribution in [2.45, 2.75) is 32.1 Å². The van der Waals surface area contributed by atoms with Crippen LogP contribution in [0.25, 0.3) is 0 Å². The number of thioether (sulfide) groups is 1. The number of hydrogen-bond donors (Lipinski definition) is 1. The minimum Gasteiger partial charge on any atom is -0.494 e. The first-order valence-corrected chi connectivity index (χ1v) is 9.10. The highest BCUT2D eigenvalue weighted by Gasteiger charge is 2.21. The summed E-state index contributed by atoms with van der Waals surface area (Å²) < 4.78 is 5.55. The number of nitrogens with zero attached hydrogens (tertiary/aromatic N) is 2. The lowest BCUT2D eigenvalue weighted by molar-refractivity contribution is 0.340. The second-order valence-electron chi connectivity index (χ2n) is 5.33. The highest BCUT2D eigenvalue weighted by molar-refractivity contribution is 14.0. The zero-order valence-corrected chi connectivity index (χ0v) is 17.4. The van der Waals surface area contributed by atoms with Gasteiger partial charge in [0, 0.05) is 37.7 Å². The Morgan fingerprint density at radius 3 is 2.96 bits per heavy atom. The van der Waals surface area contributed by atoms with Crippen LogP contribution in [0.5, 0.6) is 5.75 Å². The maximum Gasteiger partial charge on any atom is 0.193 e. The quantitative estimate of drug-likeness (QED) is 0.424. The number of aliphatic imine (C=N–C) groups is 1. The monoisotopic (exact) mass is 449 g/mol. The minimum atomic E-state index is 0. The van der Waals surface area contributed by atoms with E-state index in [0.29, 0.717) is 11.9 Å². The molecule has 0 amide bonds. The van der Waals surface area contributed by atoms with Gasteiger partial charge < -0.3 is 15.0 Å². The Bertz CT molecular complexity index is 498. The summed E-state index contributed by atoms with van der Waals surface area (Å²) in [6.45, 7) is 7.89. The Balaban J connectivity index is 0.00000264. The van der Waals surface area contributed by atoms with E-state index < -0.39 is 0 Å². The second-order valence-corrected chi connectivity index (χ2v) is 6.74. The molecule has 1 aliphatic heterocycles. The minimum absolute atomic E-state index is 0. The van der Waals surface area contributed by atoms with Crippen molar-refractivity contribution in [3.05, 3.63) is 29.8 Å². The number of halogens is 1. The van der Waals surface area contributed by atoms with Crippen LogP contribution >= 0.6 is 35.7 Å². The number of nitrogens with one attached hydrogen (secondary N) is 1. The maximum atomic E-state index is 5.55. The van der Waals surface area contributed by atoms with Gasteiger partial charge in [-0.15, -0.1) is 24.0 Å². The third kappa shape index (κ3) is 6.41. The number of ether oxygens (including phenoxy) is 1. The molecule has 1 atom stereocenters. The van der Waals surface area contributed by atoms with E-state index in [4.69, 9.17) is 4.74 Å². The van der Waals surface area contributed by atoms with Gasteiger partial charge in [-0.3, -0.25) is 4.99 Å². The molecule has 1 N–H and O–H groups in total. The van der Waals surface area contributed by atoms with Crippen LogP contribution in [0.2, 0.25) is 0 Å². The summed E-state index contributed by atoms with van der Waals surface area (Å²) in [7, 11) is 1.86. The molecule has 1 heterocycles. The molecule has 1 saturated heterocycles. The topological polar surface area (TPSA) is 36.9 Å². The zero-order valence-electron chi connectivity index (χ0n) is 14.2. The van der Waals surface area contributed by atoms with Crippen molar-refractivity contribution >= 4 is 41.7 Å². The normalized spacial score (nSPS) is 18.3. The van der Waals surface area contributed by atoms with Crippen LogP contribution in [0.4, 0.5) is 0 Å². The Kier molecular flexibility index (Phi) is 9.78. The van der Waals surface area contributed by atoms with E-state index in [0.717, 1.165) is 31.3 Å². The summed E-state index contributed by atoms with van der Waals surface area (Å²) in [5.41, 5.74) is 1.21. The number of hydrogen-bond acceptors (Lipinski definition) is 3. The summed E-state index contributed by atoms with van der Waals surface area (Å²) in [5.74, 6) is 3.11. The molecule has 0 aliphatic carbocycles. The molecule has 130 valence electrons. The smallest absolute Gasteiger partial charge is 0.193 e. The van der Waals surface area contributed by atoms with Gasteiger partial charge in [0.15, 0.2) is 5.96 Å². The summed E-state index contributed by atoms with van der Waals surface area (Å²) in [5, 5.41) is 4.20. The van der Waals surface area contributed by atoms with Gasteiger partial charge in [0.25, 0.3) is 0 Å². The van der Waals surface area contributed by atoms with Gasteiger partial charge in [0.2, 0.25) is 0 Å². The fourth-order valence-electron chi connectivity index (χ4n) is 2.58. The predicted molar refractivity (Wildman–Crippen MR) is 111 cm³/mol. The fraction of sp³-hybridized carbons (Fsp3) is 0.588. The highest BCUT2D eigenvalue weighted by Crippen LogP contribution is 2.21. The Morgan fingerprint density at radius 1 is 1.43 bits per heavy atom. The molecular formula is C17H28IN3OS. The van der Waals surface area contributed by atoms with Crippen LogP contribution < -0.4 is 10.1 Å². The van der Waals surface area contributed by atoms with Gasteiger partial charge in [-0.1, -0.05) is 19.1 Å². The van der Waals surface area contributed by atoms with Crippen molar-refractivity contribution in [3.63, 3.8) is 0 Å². The summed E-state index contributed by atoms with van der Waals surface area (Å²) in [4.78, 5) is 6.82. The lowest BCUT2D eigenvalue weighted by Gasteiger charge is -2.34. The Morgan fingerprint density at radius 2 is 2.26 bits per heavy atom. The molecule has 4 nitrogen and oxygen atoms in total. The number of guanidine groups is 1. The first-order valence-electron chi connectivity index (χ1n) is 8.05. The summed E-state index contributed by atoms with van der Waals surface area (Å²) >= 11 is 2.08. The molecule has 0 aromatic heterocycles. The third-order valence-electron chi connectivity index (χ3n) is 3.77. The van der Waals surface area contributed by atoms with E-state index in [9.17, 15) is 0 Å². The van der Waals surface area contributed by atoms with E-state index in [1.54, 1.807) is 0 Å². The van der Waals surface area contributed by atoms with E-state index in [-0.39, 0.29) is 24.0 Å². The molecule has 1 fully saturated rings. The largest absolute Gasteiger partial charge is 0.494 e. The standard InChI is InChI=1S/C17H27N3OS.HI/c1-4-16-13-20(9-10-22-16)17(18-3)19-12-14-7-6-8-15(11-14)21-5-2;/h6-8,11,16H,4-5,9-10,12-13H2,1-3H3,(H,18,19);1H. The summed E-state index contributed by atoms with van der Waals surface area (Å²) in [6.07, 6.45) is 1.22. The first kappa shape index (κ1) is 20.4. The van der Waals surface area contributed by atoms with E-state index in [1.807, 2.05) is 26.1 Å². The number of benzene rings is 1. The molecule has 0 radical (unpaired) electrons. The van der Waals surface area contributed by atoms with Crippen molar-refractivity contribution in [2.24, 2.45) is 4.99 Å². The number of rotatable bonds is 5. The van der Waals surface area contributed by atoms with Gasteiger partial charge in [-0.2, -0.15) is 11.8 Å². The molecule has 2 rings (SSSR count). The lowest BCUT2D eigenvalue weighted by atomic mass is 10.2. The fourth-order valence-corrected chi connectivity index (χ4v) is 3.76. The molecule has 1 aromatic rings. The van der Waals surface area contributed by atoms with Crippen molar-refractivity contribution in [2.75, 3.05) is 32.5 Å². The zero-order chi connectivity index (χ0) is 15.8. The SMILES string of the molecule is CCOc1cccc(CNC(=NC)N2CCSC(CC)C2)c1.I. The van der Waals surface area contributed by atoms with Gasteiger partial charge in [-0.05, 0) is 31.0 Å². The second kappa shape index (κ2) is 11.0.